The first kappa shape index (κ1) is 20.9. The molecule has 1 aliphatic carbocycles. The van der Waals surface area contributed by atoms with Gasteiger partial charge in [-0.25, -0.2) is 9.78 Å². The summed E-state index contributed by atoms with van der Waals surface area (Å²) in [5, 5.41) is 10.3. The van der Waals surface area contributed by atoms with Crippen LogP contribution in [-0.4, -0.2) is 17.2 Å². The van der Waals surface area contributed by atoms with Gasteiger partial charge in [-0.2, -0.15) is 5.26 Å². The van der Waals surface area contributed by atoms with Crippen molar-refractivity contribution in [1.29, 1.82) is 5.26 Å². The fourth-order valence-electron chi connectivity index (χ4n) is 3.94. The number of carbonyl (C=O) groups is 1. The molecule has 1 aromatic heterocycles. The highest BCUT2D eigenvalue weighted by molar-refractivity contribution is 7.18. The van der Waals surface area contributed by atoms with Crippen LogP contribution < -0.4 is 10.5 Å². The summed E-state index contributed by atoms with van der Waals surface area (Å²) in [6.45, 7) is 3.86. The molecule has 1 unspecified atom stereocenters. The molecule has 6 nitrogen and oxygen atoms in total. The van der Waals surface area contributed by atoms with E-state index in [1.165, 1.54) is 5.56 Å². The molecule has 1 heterocycles. The Kier molecular flexibility index (Phi) is 5.92. The van der Waals surface area contributed by atoms with E-state index in [1.807, 2.05) is 50.4 Å². The maximum Gasteiger partial charge on any atom is 0.405 e. The van der Waals surface area contributed by atoms with Gasteiger partial charge in [0.1, 0.15) is 22.9 Å². The van der Waals surface area contributed by atoms with E-state index in [1.54, 1.807) is 11.3 Å². The smallest absolute Gasteiger partial charge is 0.405 e. The van der Waals surface area contributed by atoms with Gasteiger partial charge in [0, 0.05) is 11.8 Å². The lowest BCUT2D eigenvalue weighted by Crippen LogP contribution is -2.21. The number of ether oxygens (including phenoxy) is 2. The Morgan fingerprint density at radius 2 is 2.16 bits per heavy atom. The first-order valence-electron chi connectivity index (χ1n) is 10.2. The Morgan fingerprint density at radius 3 is 2.90 bits per heavy atom. The molecule has 2 N–H and O–H groups in total. The van der Waals surface area contributed by atoms with Crippen molar-refractivity contribution in [1.82, 2.24) is 4.98 Å². The number of amides is 1. The van der Waals surface area contributed by atoms with Crippen LogP contribution in [0.3, 0.4) is 0 Å². The number of primary amides is 1. The molecule has 0 aliphatic heterocycles. The number of benzene rings is 2. The van der Waals surface area contributed by atoms with Gasteiger partial charge in [0.15, 0.2) is 0 Å². The average molecular weight is 434 g/mol. The number of hydrogen-bond donors (Lipinski definition) is 1. The summed E-state index contributed by atoms with van der Waals surface area (Å²) in [6, 6.07) is 13.8. The van der Waals surface area contributed by atoms with E-state index in [0.29, 0.717) is 11.3 Å². The predicted molar refractivity (Wildman–Crippen MR) is 120 cm³/mol. The van der Waals surface area contributed by atoms with Gasteiger partial charge in [-0.1, -0.05) is 18.2 Å². The van der Waals surface area contributed by atoms with Crippen molar-refractivity contribution in [3.05, 3.63) is 59.3 Å². The van der Waals surface area contributed by atoms with Crippen molar-refractivity contribution >= 4 is 17.4 Å². The molecule has 2 aromatic carbocycles. The van der Waals surface area contributed by atoms with E-state index in [9.17, 15) is 10.1 Å². The van der Waals surface area contributed by atoms with Gasteiger partial charge in [0.2, 0.25) is 0 Å². The standard InChI is InChI=1S/C24H23N3O3S/c1-14(2)29-20-10-9-15(11-16(20)12-25)23-27-13-22(31-23)19-7-3-6-18-17(19)5-4-8-21(18)30-24(26)28/h3,6-7,9-11,13-14,21H,4-5,8H2,1-2H3,(H2,26,28). The number of rotatable bonds is 5. The number of nitrogens with zero attached hydrogens (tertiary/aromatic N) is 2. The molecule has 31 heavy (non-hydrogen) atoms. The third-order valence-corrected chi connectivity index (χ3v) is 6.27. The summed E-state index contributed by atoms with van der Waals surface area (Å²) in [4.78, 5) is 16.9. The van der Waals surface area contributed by atoms with Crippen LogP contribution in [0, 0.1) is 11.3 Å². The highest BCUT2D eigenvalue weighted by Crippen LogP contribution is 2.41. The van der Waals surface area contributed by atoms with Gasteiger partial charge in [-0.15, -0.1) is 11.3 Å². The number of thiazole rings is 1. The molecule has 1 amide bonds. The molecule has 158 valence electrons. The molecule has 1 aliphatic rings. The molecule has 3 aromatic rings. The third kappa shape index (κ3) is 4.39. The zero-order valence-electron chi connectivity index (χ0n) is 17.4. The SMILES string of the molecule is CC(C)Oc1ccc(-c2ncc(-c3cccc4c3CCCC4OC(N)=O)s2)cc1C#N. The molecule has 1 atom stereocenters. The van der Waals surface area contributed by atoms with Crippen LogP contribution in [0.15, 0.2) is 42.6 Å². The number of nitriles is 1. The fourth-order valence-corrected chi connectivity index (χ4v) is 4.90. The van der Waals surface area contributed by atoms with Crippen LogP contribution in [0.4, 0.5) is 4.79 Å². The van der Waals surface area contributed by atoms with E-state index >= 15 is 0 Å². The van der Waals surface area contributed by atoms with Crippen molar-refractivity contribution in [3.63, 3.8) is 0 Å². The average Bonchev–Trinajstić information content (AvgIpc) is 3.23. The highest BCUT2D eigenvalue weighted by Gasteiger charge is 2.25. The number of aromatic nitrogens is 1. The van der Waals surface area contributed by atoms with E-state index < -0.39 is 6.09 Å². The fraction of sp³-hybridized carbons (Fsp3) is 0.292. The van der Waals surface area contributed by atoms with Crippen molar-refractivity contribution in [2.24, 2.45) is 5.73 Å². The van der Waals surface area contributed by atoms with Crippen LogP contribution >= 0.6 is 11.3 Å². The zero-order chi connectivity index (χ0) is 22.0. The minimum atomic E-state index is -0.749. The summed E-state index contributed by atoms with van der Waals surface area (Å²) >= 11 is 1.57. The van der Waals surface area contributed by atoms with Gasteiger partial charge in [0.25, 0.3) is 0 Å². The summed E-state index contributed by atoms with van der Waals surface area (Å²) in [5.41, 5.74) is 9.91. The van der Waals surface area contributed by atoms with Crippen LogP contribution in [0.25, 0.3) is 21.0 Å². The van der Waals surface area contributed by atoms with E-state index in [-0.39, 0.29) is 12.2 Å². The Labute approximate surface area is 185 Å². The number of fused-ring (bicyclic) bond motifs is 1. The normalized spacial score (nSPS) is 15.2. The van der Waals surface area contributed by atoms with Gasteiger partial charge < -0.3 is 15.2 Å². The van der Waals surface area contributed by atoms with E-state index in [2.05, 4.69) is 17.1 Å². The molecule has 0 radical (unpaired) electrons. The maximum atomic E-state index is 11.3. The van der Waals surface area contributed by atoms with Crippen molar-refractivity contribution in [3.8, 4) is 32.8 Å². The van der Waals surface area contributed by atoms with Crippen LogP contribution in [-0.2, 0) is 11.2 Å². The topological polar surface area (TPSA) is 98.2 Å². The van der Waals surface area contributed by atoms with Crippen LogP contribution in [0.2, 0.25) is 0 Å². The second-order valence-corrected chi connectivity index (χ2v) is 8.74. The first-order chi connectivity index (χ1) is 15.0. The maximum absolute atomic E-state index is 11.3. The zero-order valence-corrected chi connectivity index (χ0v) is 18.2. The molecule has 0 saturated heterocycles. The lowest BCUT2D eigenvalue weighted by atomic mass is 9.86. The summed E-state index contributed by atoms with van der Waals surface area (Å²) in [5.74, 6) is 0.579. The molecule has 0 fully saturated rings. The molecular formula is C24H23N3O3S. The van der Waals surface area contributed by atoms with Crippen molar-refractivity contribution < 1.29 is 14.3 Å². The summed E-state index contributed by atoms with van der Waals surface area (Å²) < 4.78 is 11.0. The number of hydrogen-bond acceptors (Lipinski definition) is 6. The lowest BCUT2D eigenvalue weighted by molar-refractivity contribution is 0.0959. The summed E-state index contributed by atoms with van der Waals surface area (Å²) in [7, 11) is 0. The second-order valence-electron chi connectivity index (χ2n) is 7.71. The largest absolute Gasteiger partial charge is 0.490 e. The van der Waals surface area contributed by atoms with Gasteiger partial charge in [-0.3, -0.25) is 0 Å². The van der Waals surface area contributed by atoms with E-state index in [0.717, 1.165) is 45.8 Å². The molecule has 0 spiro atoms. The third-order valence-electron chi connectivity index (χ3n) is 5.19. The van der Waals surface area contributed by atoms with Crippen LogP contribution in [0.5, 0.6) is 5.75 Å². The number of carbonyl (C=O) groups excluding carboxylic acids is 1. The lowest BCUT2D eigenvalue weighted by Gasteiger charge is -2.26. The molecule has 0 saturated carbocycles. The molecule has 0 bridgehead atoms. The number of nitrogens with two attached hydrogens (primary N) is 1. The quantitative estimate of drug-likeness (QED) is 0.564. The Morgan fingerprint density at radius 1 is 1.32 bits per heavy atom. The Balaban J connectivity index is 1.68. The Hall–Kier alpha value is -3.37. The molecule has 7 heteroatoms. The van der Waals surface area contributed by atoms with Crippen molar-refractivity contribution in [2.45, 2.75) is 45.3 Å². The van der Waals surface area contributed by atoms with Crippen LogP contribution in [0.1, 0.15) is 49.5 Å². The van der Waals surface area contributed by atoms with Gasteiger partial charge in [0.05, 0.1) is 16.5 Å². The molecular weight excluding hydrogens is 410 g/mol. The van der Waals surface area contributed by atoms with E-state index in [4.69, 9.17) is 15.2 Å². The summed E-state index contributed by atoms with van der Waals surface area (Å²) in [6.07, 6.45) is 3.42. The highest BCUT2D eigenvalue weighted by atomic mass is 32.1. The second kappa shape index (κ2) is 8.78. The predicted octanol–water partition coefficient (Wildman–Crippen LogP) is 5.61. The van der Waals surface area contributed by atoms with Crippen molar-refractivity contribution in [2.75, 3.05) is 0 Å². The van der Waals surface area contributed by atoms with Gasteiger partial charge >= 0.3 is 6.09 Å². The van der Waals surface area contributed by atoms with Gasteiger partial charge in [-0.05, 0) is 68.0 Å². The Bertz CT molecular complexity index is 1160. The minimum Gasteiger partial charge on any atom is -0.490 e. The monoisotopic (exact) mass is 433 g/mol. The molecule has 4 rings (SSSR count). The first-order valence-corrected chi connectivity index (χ1v) is 11.0. The minimum absolute atomic E-state index is 0.00366.